The summed E-state index contributed by atoms with van der Waals surface area (Å²) in [6.07, 6.45) is 3.30. The first-order valence-corrected chi connectivity index (χ1v) is 9.12. The zero-order chi connectivity index (χ0) is 20.4. The van der Waals surface area contributed by atoms with E-state index in [0.717, 1.165) is 0 Å². The van der Waals surface area contributed by atoms with E-state index in [1.54, 1.807) is 54.3 Å². The minimum atomic E-state index is -0.288. The number of nitrogens with zero attached hydrogens (tertiary/aromatic N) is 6. The van der Waals surface area contributed by atoms with Gasteiger partial charge in [0.2, 0.25) is 11.8 Å². The van der Waals surface area contributed by atoms with Crippen LogP contribution in [0.3, 0.4) is 0 Å². The van der Waals surface area contributed by atoms with Gasteiger partial charge in [0.05, 0.1) is 30.4 Å². The highest BCUT2D eigenvalue weighted by atomic mass is 16.5. The number of hydrogen-bond donors (Lipinski definition) is 0. The second kappa shape index (κ2) is 7.70. The molecule has 4 rings (SSSR count). The second-order valence-electron chi connectivity index (χ2n) is 6.64. The standard InChI is InChI=1S/C20H20N6O3/c1-24-9-10-25(13-19(24)27)20(28)16-11-17(15-5-3-4-8-21-15)26(23-16)14-6-7-18(29-2)22-12-14/h3-8,11-12H,9-10,13H2,1-2H3. The number of methoxy groups -OCH3 is 1. The monoisotopic (exact) mass is 392 g/mol. The summed E-state index contributed by atoms with van der Waals surface area (Å²) in [6.45, 7) is 1.02. The summed E-state index contributed by atoms with van der Waals surface area (Å²) in [5.74, 6) is 0.102. The summed E-state index contributed by atoms with van der Waals surface area (Å²) in [4.78, 5) is 36.7. The number of carbonyl (C=O) groups is 2. The van der Waals surface area contributed by atoms with Crippen molar-refractivity contribution < 1.29 is 14.3 Å². The van der Waals surface area contributed by atoms with Crippen molar-refractivity contribution in [3.63, 3.8) is 0 Å². The second-order valence-corrected chi connectivity index (χ2v) is 6.64. The Kier molecular flexibility index (Phi) is 4.94. The Morgan fingerprint density at radius 2 is 2.00 bits per heavy atom. The topological polar surface area (TPSA) is 93.5 Å². The van der Waals surface area contributed by atoms with Crippen LogP contribution in [0.1, 0.15) is 10.5 Å². The first-order valence-electron chi connectivity index (χ1n) is 9.12. The Balaban J connectivity index is 1.73. The van der Waals surface area contributed by atoms with Gasteiger partial charge in [-0.2, -0.15) is 5.10 Å². The first kappa shape index (κ1) is 18.6. The maximum Gasteiger partial charge on any atom is 0.274 e. The van der Waals surface area contributed by atoms with Crippen molar-refractivity contribution in [3.05, 3.63) is 54.5 Å². The summed E-state index contributed by atoms with van der Waals surface area (Å²) >= 11 is 0. The van der Waals surface area contributed by atoms with Gasteiger partial charge in [-0.05, 0) is 24.3 Å². The van der Waals surface area contributed by atoms with Gasteiger partial charge in [-0.3, -0.25) is 14.6 Å². The molecule has 148 valence electrons. The number of piperazine rings is 1. The van der Waals surface area contributed by atoms with Crippen LogP contribution in [-0.4, -0.2) is 75.2 Å². The molecule has 1 saturated heterocycles. The molecule has 3 aromatic rings. The maximum absolute atomic E-state index is 13.0. The lowest BCUT2D eigenvalue weighted by Gasteiger charge is -2.31. The average Bonchev–Trinajstić information content (AvgIpc) is 3.21. The number of rotatable bonds is 4. The van der Waals surface area contributed by atoms with E-state index in [9.17, 15) is 9.59 Å². The van der Waals surface area contributed by atoms with E-state index in [0.29, 0.717) is 36.0 Å². The Bertz CT molecular complexity index is 1030. The summed E-state index contributed by atoms with van der Waals surface area (Å²) in [5, 5.41) is 4.51. The highest BCUT2D eigenvalue weighted by Crippen LogP contribution is 2.23. The normalized spacial score (nSPS) is 14.2. The smallest absolute Gasteiger partial charge is 0.274 e. The fraction of sp³-hybridized carbons (Fsp3) is 0.250. The zero-order valence-corrected chi connectivity index (χ0v) is 16.1. The van der Waals surface area contributed by atoms with E-state index in [1.807, 2.05) is 18.2 Å². The molecule has 1 fully saturated rings. The molecule has 0 N–H and O–H groups in total. The molecule has 0 aromatic carbocycles. The van der Waals surface area contributed by atoms with Gasteiger partial charge in [0.1, 0.15) is 6.54 Å². The molecule has 0 unspecified atom stereocenters. The van der Waals surface area contributed by atoms with Gasteiger partial charge in [0.15, 0.2) is 5.69 Å². The third-order valence-electron chi connectivity index (χ3n) is 4.77. The van der Waals surface area contributed by atoms with Crippen LogP contribution in [0.25, 0.3) is 17.1 Å². The number of ether oxygens (including phenoxy) is 1. The zero-order valence-electron chi connectivity index (χ0n) is 16.1. The van der Waals surface area contributed by atoms with Crippen LogP contribution in [0.15, 0.2) is 48.8 Å². The molecule has 0 spiro atoms. The first-order chi connectivity index (χ1) is 14.1. The van der Waals surface area contributed by atoms with E-state index in [2.05, 4.69) is 15.1 Å². The molecule has 29 heavy (non-hydrogen) atoms. The van der Waals surface area contributed by atoms with Crippen molar-refractivity contribution in [2.24, 2.45) is 0 Å². The van der Waals surface area contributed by atoms with Crippen LogP contribution in [0, 0.1) is 0 Å². The van der Waals surface area contributed by atoms with Crippen LogP contribution in [0.2, 0.25) is 0 Å². The summed E-state index contributed by atoms with van der Waals surface area (Å²) in [7, 11) is 3.28. The molecule has 9 heteroatoms. The number of amides is 2. The largest absolute Gasteiger partial charge is 0.481 e. The minimum absolute atomic E-state index is 0.0468. The van der Waals surface area contributed by atoms with Gasteiger partial charge in [0.25, 0.3) is 5.91 Å². The predicted molar refractivity (Wildman–Crippen MR) is 105 cm³/mol. The SMILES string of the molecule is COc1ccc(-n2nc(C(=O)N3CCN(C)C(=O)C3)cc2-c2ccccn2)cn1. The van der Waals surface area contributed by atoms with Crippen LogP contribution >= 0.6 is 0 Å². The van der Waals surface area contributed by atoms with Crippen LogP contribution in [0.5, 0.6) is 5.88 Å². The maximum atomic E-state index is 13.0. The summed E-state index contributed by atoms with van der Waals surface area (Å²) in [5.41, 5.74) is 2.24. The van der Waals surface area contributed by atoms with Crippen molar-refractivity contribution in [2.75, 3.05) is 33.8 Å². The predicted octanol–water partition coefficient (Wildman–Crippen LogP) is 1.25. The molecular weight excluding hydrogens is 372 g/mol. The van der Waals surface area contributed by atoms with Gasteiger partial charge in [-0.15, -0.1) is 0 Å². The highest BCUT2D eigenvalue weighted by molar-refractivity contribution is 5.96. The molecule has 0 aliphatic carbocycles. The number of carbonyl (C=O) groups excluding carboxylic acids is 2. The van der Waals surface area contributed by atoms with Crippen molar-refractivity contribution in [3.8, 4) is 23.0 Å². The Hall–Kier alpha value is -3.75. The Morgan fingerprint density at radius 3 is 2.66 bits per heavy atom. The minimum Gasteiger partial charge on any atom is -0.481 e. The van der Waals surface area contributed by atoms with Crippen molar-refractivity contribution in [1.29, 1.82) is 0 Å². The van der Waals surface area contributed by atoms with E-state index in [-0.39, 0.29) is 24.1 Å². The number of likely N-dealkylation sites (N-methyl/N-ethyl adjacent to an activating group) is 1. The van der Waals surface area contributed by atoms with Crippen LogP contribution in [-0.2, 0) is 4.79 Å². The van der Waals surface area contributed by atoms with E-state index < -0.39 is 0 Å². The van der Waals surface area contributed by atoms with Gasteiger partial charge in [-0.25, -0.2) is 9.67 Å². The molecule has 9 nitrogen and oxygen atoms in total. The lowest BCUT2D eigenvalue weighted by molar-refractivity contribution is -0.133. The third-order valence-corrected chi connectivity index (χ3v) is 4.77. The molecule has 0 radical (unpaired) electrons. The molecule has 1 aliphatic heterocycles. The lowest BCUT2D eigenvalue weighted by Crippen LogP contribution is -2.50. The highest BCUT2D eigenvalue weighted by Gasteiger charge is 2.28. The quantitative estimate of drug-likeness (QED) is 0.663. The van der Waals surface area contributed by atoms with Crippen LogP contribution in [0.4, 0.5) is 0 Å². The Morgan fingerprint density at radius 1 is 1.14 bits per heavy atom. The lowest BCUT2D eigenvalue weighted by atomic mass is 10.2. The van der Waals surface area contributed by atoms with Gasteiger partial charge in [-0.1, -0.05) is 6.07 Å². The number of hydrogen-bond acceptors (Lipinski definition) is 6. The van der Waals surface area contributed by atoms with Gasteiger partial charge >= 0.3 is 0 Å². The van der Waals surface area contributed by atoms with Crippen molar-refractivity contribution in [1.82, 2.24) is 29.5 Å². The number of pyridine rings is 2. The summed E-state index contributed by atoms with van der Waals surface area (Å²) in [6, 6.07) is 10.8. The molecule has 0 bridgehead atoms. The van der Waals surface area contributed by atoms with E-state index in [4.69, 9.17) is 4.74 Å². The fourth-order valence-corrected chi connectivity index (χ4v) is 3.09. The molecule has 0 atom stereocenters. The molecule has 2 amide bonds. The molecule has 4 heterocycles. The molecular formula is C20H20N6O3. The molecule has 3 aromatic heterocycles. The van der Waals surface area contributed by atoms with Gasteiger partial charge < -0.3 is 14.5 Å². The molecule has 0 saturated carbocycles. The van der Waals surface area contributed by atoms with Crippen molar-refractivity contribution >= 4 is 11.8 Å². The van der Waals surface area contributed by atoms with Crippen molar-refractivity contribution in [2.45, 2.75) is 0 Å². The number of aromatic nitrogens is 4. The van der Waals surface area contributed by atoms with E-state index >= 15 is 0 Å². The average molecular weight is 392 g/mol. The summed E-state index contributed by atoms with van der Waals surface area (Å²) < 4.78 is 6.74. The third kappa shape index (κ3) is 3.66. The van der Waals surface area contributed by atoms with Gasteiger partial charge in [0, 0.05) is 32.4 Å². The van der Waals surface area contributed by atoms with Crippen LogP contribution < -0.4 is 4.74 Å². The van der Waals surface area contributed by atoms with E-state index in [1.165, 1.54) is 4.90 Å². The Labute approximate surface area is 167 Å². The molecule has 1 aliphatic rings. The fourth-order valence-electron chi connectivity index (χ4n) is 3.09.